The summed E-state index contributed by atoms with van der Waals surface area (Å²) < 4.78 is 2.00. The molecule has 1 aliphatic carbocycles. The summed E-state index contributed by atoms with van der Waals surface area (Å²) in [6.07, 6.45) is 7.14. The Bertz CT molecular complexity index is 410. The van der Waals surface area contributed by atoms with Crippen LogP contribution in [0.4, 0.5) is 0 Å². The molecule has 0 bridgehead atoms. The zero-order valence-electron chi connectivity index (χ0n) is 12.2. The van der Waals surface area contributed by atoms with Gasteiger partial charge in [0, 0.05) is 50.5 Å². The average Bonchev–Trinajstić information content (AvgIpc) is 3.17. The number of rotatable bonds is 4. The summed E-state index contributed by atoms with van der Waals surface area (Å²) in [4.78, 5) is 2.68. The Balaban J connectivity index is 1.58. The van der Waals surface area contributed by atoms with Crippen molar-refractivity contribution in [2.24, 2.45) is 13.0 Å². The molecule has 19 heavy (non-hydrogen) atoms. The number of nitrogens with zero attached hydrogens (tertiary/aromatic N) is 3. The van der Waals surface area contributed by atoms with Crippen LogP contribution in [0, 0.1) is 5.92 Å². The molecule has 2 heterocycles. The standard InChI is InChI=1S/C15H26N4/c1-12-5-8-16-15(13-3-4-13)11-19(12)10-7-14-6-9-17-18(14)2/h6,9,12-13,15-16H,3-5,7-8,10-11H2,1-2H3. The highest BCUT2D eigenvalue weighted by Gasteiger charge is 2.34. The molecule has 2 aliphatic rings. The molecule has 2 fully saturated rings. The van der Waals surface area contributed by atoms with E-state index >= 15 is 0 Å². The topological polar surface area (TPSA) is 33.1 Å². The van der Waals surface area contributed by atoms with Crippen LogP contribution in [0.1, 0.15) is 31.9 Å². The van der Waals surface area contributed by atoms with Gasteiger partial charge >= 0.3 is 0 Å². The Morgan fingerprint density at radius 2 is 2.21 bits per heavy atom. The number of hydrogen-bond donors (Lipinski definition) is 1. The smallest absolute Gasteiger partial charge is 0.0492 e. The van der Waals surface area contributed by atoms with E-state index in [1.54, 1.807) is 0 Å². The van der Waals surface area contributed by atoms with Gasteiger partial charge in [0.25, 0.3) is 0 Å². The van der Waals surface area contributed by atoms with Crippen LogP contribution >= 0.6 is 0 Å². The van der Waals surface area contributed by atoms with E-state index < -0.39 is 0 Å². The third-order valence-electron chi connectivity index (χ3n) is 4.79. The maximum Gasteiger partial charge on any atom is 0.0492 e. The highest BCUT2D eigenvalue weighted by molar-refractivity contribution is 5.01. The fourth-order valence-corrected chi connectivity index (χ4v) is 3.19. The lowest BCUT2D eigenvalue weighted by Gasteiger charge is -2.29. The van der Waals surface area contributed by atoms with Gasteiger partial charge in [-0.15, -0.1) is 0 Å². The zero-order valence-corrected chi connectivity index (χ0v) is 12.2. The van der Waals surface area contributed by atoms with Gasteiger partial charge in [-0.3, -0.25) is 9.58 Å². The third kappa shape index (κ3) is 3.18. The molecular formula is C15H26N4. The average molecular weight is 262 g/mol. The van der Waals surface area contributed by atoms with Gasteiger partial charge in [0.05, 0.1) is 0 Å². The van der Waals surface area contributed by atoms with E-state index in [2.05, 4.69) is 28.3 Å². The molecule has 0 amide bonds. The van der Waals surface area contributed by atoms with Gasteiger partial charge in [-0.25, -0.2) is 0 Å². The Labute approximate surface area is 116 Å². The van der Waals surface area contributed by atoms with Gasteiger partial charge in [0.15, 0.2) is 0 Å². The molecule has 1 N–H and O–H groups in total. The van der Waals surface area contributed by atoms with Crippen LogP contribution in [0.25, 0.3) is 0 Å². The third-order valence-corrected chi connectivity index (χ3v) is 4.79. The highest BCUT2D eigenvalue weighted by Crippen LogP contribution is 2.34. The summed E-state index contributed by atoms with van der Waals surface area (Å²) in [5.74, 6) is 0.949. The Kier molecular flexibility index (Phi) is 3.89. The maximum atomic E-state index is 4.26. The second-order valence-electron chi connectivity index (χ2n) is 6.23. The first-order valence-electron chi connectivity index (χ1n) is 7.68. The second kappa shape index (κ2) is 5.63. The van der Waals surface area contributed by atoms with Gasteiger partial charge in [0.2, 0.25) is 0 Å². The minimum Gasteiger partial charge on any atom is -0.312 e. The number of nitrogens with one attached hydrogen (secondary N) is 1. The van der Waals surface area contributed by atoms with Crippen molar-refractivity contribution >= 4 is 0 Å². The van der Waals surface area contributed by atoms with Crippen LogP contribution in [-0.4, -0.2) is 46.4 Å². The van der Waals surface area contributed by atoms with E-state index in [9.17, 15) is 0 Å². The lowest BCUT2D eigenvalue weighted by atomic mass is 10.1. The maximum absolute atomic E-state index is 4.26. The summed E-state index contributed by atoms with van der Waals surface area (Å²) in [5, 5.41) is 8.01. The van der Waals surface area contributed by atoms with Crippen LogP contribution in [0.5, 0.6) is 0 Å². The molecule has 3 rings (SSSR count). The van der Waals surface area contributed by atoms with Gasteiger partial charge in [-0.05, 0) is 44.7 Å². The van der Waals surface area contributed by atoms with E-state index in [1.165, 1.54) is 38.0 Å². The van der Waals surface area contributed by atoms with Crippen molar-refractivity contribution in [1.82, 2.24) is 20.0 Å². The van der Waals surface area contributed by atoms with Crippen LogP contribution in [-0.2, 0) is 13.5 Å². The molecule has 0 radical (unpaired) electrons. The van der Waals surface area contributed by atoms with Gasteiger partial charge in [-0.1, -0.05) is 0 Å². The molecule has 1 aliphatic heterocycles. The summed E-state index contributed by atoms with van der Waals surface area (Å²) in [6.45, 7) is 5.94. The van der Waals surface area contributed by atoms with E-state index in [0.29, 0.717) is 6.04 Å². The van der Waals surface area contributed by atoms with E-state index in [4.69, 9.17) is 0 Å². The lowest BCUT2D eigenvalue weighted by Crippen LogP contribution is -2.42. The highest BCUT2D eigenvalue weighted by atomic mass is 15.3. The largest absolute Gasteiger partial charge is 0.312 e. The van der Waals surface area contributed by atoms with Crippen molar-refractivity contribution in [2.75, 3.05) is 19.6 Å². The van der Waals surface area contributed by atoms with Gasteiger partial charge in [-0.2, -0.15) is 5.10 Å². The van der Waals surface area contributed by atoms with Crippen molar-refractivity contribution < 1.29 is 0 Å². The first-order valence-corrected chi connectivity index (χ1v) is 7.68. The van der Waals surface area contributed by atoms with E-state index in [-0.39, 0.29) is 0 Å². The Morgan fingerprint density at radius 1 is 1.37 bits per heavy atom. The van der Waals surface area contributed by atoms with Crippen LogP contribution in [0.2, 0.25) is 0 Å². The predicted molar refractivity (Wildman–Crippen MR) is 77.1 cm³/mol. The SMILES string of the molecule is CC1CCNC(C2CC2)CN1CCc1ccnn1C. The van der Waals surface area contributed by atoms with Crippen molar-refractivity contribution in [2.45, 2.75) is 44.7 Å². The molecule has 0 spiro atoms. The fourth-order valence-electron chi connectivity index (χ4n) is 3.19. The minimum atomic E-state index is 0.699. The zero-order chi connectivity index (χ0) is 13.2. The summed E-state index contributed by atoms with van der Waals surface area (Å²) in [5.41, 5.74) is 1.34. The molecule has 1 aromatic heterocycles. The van der Waals surface area contributed by atoms with Crippen molar-refractivity contribution in [3.05, 3.63) is 18.0 Å². The molecule has 4 heteroatoms. The van der Waals surface area contributed by atoms with Crippen molar-refractivity contribution in [1.29, 1.82) is 0 Å². The van der Waals surface area contributed by atoms with Gasteiger partial charge < -0.3 is 5.32 Å². The van der Waals surface area contributed by atoms with E-state index in [1.807, 2.05) is 17.9 Å². The molecule has 4 nitrogen and oxygen atoms in total. The lowest BCUT2D eigenvalue weighted by molar-refractivity contribution is 0.200. The monoisotopic (exact) mass is 262 g/mol. The van der Waals surface area contributed by atoms with Crippen LogP contribution in [0.15, 0.2) is 12.3 Å². The minimum absolute atomic E-state index is 0.699. The fraction of sp³-hybridized carbons (Fsp3) is 0.800. The normalized spacial score (nSPS) is 29.4. The molecule has 0 aromatic carbocycles. The van der Waals surface area contributed by atoms with Crippen LogP contribution < -0.4 is 5.32 Å². The van der Waals surface area contributed by atoms with Crippen molar-refractivity contribution in [3.8, 4) is 0 Å². The quantitative estimate of drug-likeness (QED) is 0.891. The van der Waals surface area contributed by atoms with Gasteiger partial charge in [0.1, 0.15) is 0 Å². The number of hydrogen-bond acceptors (Lipinski definition) is 3. The molecule has 1 saturated heterocycles. The summed E-state index contributed by atoms with van der Waals surface area (Å²) in [6, 6.07) is 3.57. The van der Waals surface area contributed by atoms with E-state index in [0.717, 1.165) is 24.9 Å². The first kappa shape index (κ1) is 13.1. The summed E-state index contributed by atoms with van der Waals surface area (Å²) >= 11 is 0. The number of aromatic nitrogens is 2. The van der Waals surface area contributed by atoms with Crippen molar-refractivity contribution in [3.63, 3.8) is 0 Å². The first-order chi connectivity index (χ1) is 9.24. The van der Waals surface area contributed by atoms with Crippen LogP contribution in [0.3, 0.4) is 0 Å². The second-order valence-corrected chi connectivity index (χ2v) is 6.23. The molecule has 1 saturated carbocycles. The molecule has 106 valence electrons. The number of aryl methyl sites for hydroxylation is 1. The molecule has 2 atom stereocenters. The molecular weight excluding hydrogens is 236 g/mol. The summed E-state index contributed by atoms with van der Waals surface area (Å²) in [7, 11) is 2.04. The Hall–Kier alpha value is -0.870. The predicted octanol–water partition coefficient (Wildman–Crippen LogP) is 1.42. The molecule has 1 aromatic rings. The Morgan fingerprint density at radius 3 is 2.89 bits per heavy atom. The molecule has 2 unspecified atom stereocenters.